The molecular formula is C14H21N5O2. The van der Waals surface area contributed by atoms with Gasteiger partial charge in [0.15, 0.2) is 0 Å². The van der Waals surface area contributed by atoms with Gasteiger partial charge in [-0.2, -0.15) is 0 Å². The highest BCUT2D eigenvalue weighted by Crippen LogP contribution is 2.32. The summed E-state index contributed by atoms with van der Waals surface area (Å²) in [5, 5.41) is 8.07. The molecule has 0 bridgehead atoms. The van der Waals surface area contributed by atoms with E-state index in [1.165, 1.54) is 0 Å². The molecule has 1 aromatic rings. The third-order valence-electron chi connectivity index (χ3n) is 4.02. The zero-order valence-corrected chi connectivity index (χ0v) is 12.6. The number of nitrogens with zero attached hydrogens (tertiary/aromatic N) is 3. The SMILES string of the molecule is Cc1nc(N)c2c(n1)N([C@H]1CO[C@@H](C)C1)[C@H](C)COC2=N. The average Bonchev–Trinajstić information content (AvgIpc) is 2.77. The van der Waals surface area contributed by atoms with Crippen LogP contribution >= 0.6 is 0 Å². The lowest BCUT2D eigenvalue weighted by molar-refractivity contribution is 0.122. The topological polar surface area (TPSA) is 97.3 Å². The summed E-state index contributed by atoms with van der Waals surface area (Å²) >= 11 is 0. The Kier molecular flexibility index (Phi) is 3.44. The summed E-state index contributed by atoms with van der Waals surface area (Å²) in [5.41, 5.74) is 6.50. The van der Waals surface area contributed by atoms with Gasteiger partial charge in [0.05, 0.1) is 24.8 Å². The fourth-order valence-electron chi connectivity index (χ4n) is 3.07. The van der Waals surface area contributed by atoms with Crippen molar-refractivity contribution < 1.29 is 9.47 Å². The molecule has 3 heterocycles. The first-order chi connectivity index (χ1) is 9.97. The van der Waals surface area contributed by atoms with Gasteiger partial charge >= 0.3 is 0 Å². The number of hydrogen-bond acceptors (Lipinski definition) is 7. The third-order valence-corrected chi connectivity index (χ3v) is 4.02. The fourth-order valence-corrected chi connectivity index (χ4v) is 3.07. The van der Waals surface area contributed by atoms with Crippen LogP contribution in [0.5, 0.6) is 0 Å². The normalized spacial score (nSPS) is 29.0. The summed E-state index contributed by atoms with van der Waals surface area (Å²) in [6.07, 6.45) is 1.16. The minimum absolute atomic E-state index is 0.0452. The van der Waals surface area contributed by atoms with Crippen molar-refractivity contribution >= 4 is 17.5 Å². The number of aromatic nitrogens is 2. The molecule has 7 heteroatoms. The third kappa shape index (κ3) is 2.42. The molecule has 1 aromatic heterocycles. The molecular weight excluding hydrogens is 270 g/mol. The number of aryl methyl sites for hydroxylation is 1. The van der Waals surface area contributed by atoms with Gasteiger partial charge in [0.1, 0.15) is 29.6 Å². The van der Waals surface area contributed by atoms with Crippen molar-refractivity contribution in [2.45, 2.75) is 45.4 Å². The molecule has 0 amide bonds. The number of ether oxygens (including phenoxy) is 2. The summed E-state index contributed by atoms with van der Waals surface area (Å²) < 4.78 is 11.2. The van der Waals surface area contributed by atoms with Crippen LogP contribution in [0.15, 0.2) is 0 Å². The minimum atomic E-state index is 0.0452. The Hall–Kier alpha value is -1.89. The van der Waals surface area contributed by atoms with E-state index in [-0.39, 0.29) is 24.1 Å². The van der Waals surface area contributed by atoms with E-state index in [9.17, 15) is 0 Å². The van der Waals surface area contributed by atoms with Crippen LogP contribution in [-0.4, -0.2) is 47.3 Å². The van der Waals surface area contributed by atoms with Crippen molar-refractivity contribution in [3.8, 4) is 0 Å². The Balaban J connectivity index is 2.10. The Morgan fingerprint density at radius 2 is 2.05 bits per heavy atom. The van der Waals surface area contributed by atoms with E-state index in [0.29, 0.717) is 36.2 Å². The highest BCUT2D eigenvalue weighted by molar-refractivity contribution is 6.01. The van der Waals surface area contributed by atoms with Gasteiger partial charge in [0, 0.05) is 0 Å². The van der Waals surface area contributed by atoms with Crippen molar-refractivity contribution in [2.75, 3.05) is 23.8 Å². The Morgan fingerprint density at radius 3 is 2.71 bits per heavy atom. The van der Waals surface area contributed by atoms with Crippen LogP contribution in [0.25, 0.3) is 0 Å². The van der Waals surface area contributed by atoms with E-state index >= 15 is 0 Å². The standard InChI is InChI=1S/C14H21N5O2/c1-7-5-21-13(16)11-12(15)17-9(3)18-14(11)19(7)10-4-8(2)20-6-10/h7-8,10,16H,4-6H2,1-3H3,(H2,15,17,18)/t7-,8+,10-/m1/s1. The van der Waals surface area contributed by atoms with Crippen LogP contribution < -0.4 is 10.6 Å². The molecule has 0 aliphatic carbocycles. The molecule has 1 saturated heterocycles. The van der Waals surface area contributed by atoms with Crippen LogP contribution in [0.3, 0.4) is 0 Å². The monoisotopic (exact) mass is 291 g/mol. The first-order valence-electron chi connectivity index (χ1n) is 7.23. The van der Waals surface area contributed by atoms with Crippen molar-refractivity contribution in [2.24, 2.45) is 0 Å². The van der Waals surface area contributed by atoms with E-state index < -0.39 is 0 Å². The number of hydrogen-bond donors (Lipinski definition) is 2. The first kappa shape index (κ1) is 14.1. The van der Waals surface area contributed by atoms with E-state index in [4.69, 9.17) is 20.6 Å². The number of anilines is 2. The van der Waals surface area contributed by atoms with Crippen molar-refractivity contribution in [3.05, 3.63) is 11.4 Å². The van der Waals surface area contributed by atoms with Gasteiger partial charge in [-0.05, 0) is 27.2 Å². The van der Waals surface area contributed by atoms with Crippen LogP contribution in [0.2, 0.25) is 0 Å². The molecule has 0 aromatic carbocycles. The molecule has 2 aliphatic rings. The van der Waals surface area contributed by atoms with E-state index in [0.717, 1.165) is 6.42 Å². The maximum Gasteiger partial charge on any atom is 0.220 e. The molecule has 7 nitrogen and oxygen atoms in total. The molecule has 0 spiro atoms. The van der Waals surface area contributed by atoms with E-state index in [1.54, 1.807) is 0 Å². The maximum absolute atomic E-state index is 8.07. The summed E-state index contributed by atoms with van der Waals surface area (Å²) in [7, 11) is 0. The number of nitrogens with two attached hydrogens (primary N) is 1. The quantitative estimate of drug-likeness (QED) is 0.804. The number of fused-ring (bicyclic) bond motifs is 1. The molecule has 1 fully saturated rings. The second-order valence-corrected chi connectivity index (χ2v) is 5.78. The van der Waals surface area contributed by atoms with Crippen molar-refractivity contribution in [1.29, 1.82) is 5.41 Å². The summed E-state index contributed by atoms with van der Waals surface area (Å²) in [4.78, 5) is 10.9. The van der Waals surface area contributed by atoms with Gasteiger partial charge < -0.3 is 20.1 Å². The van der Waals surface area contributed by atoms with Gasteiger partial charge in [0.25, 0.3) is 0 Å². The zero-order chi connectivity index (χ0) is 15.1. The predicted molar refractivity (Wildman–Crippen MR) is 79.7 cm³/mol. The number of rotatable bonds is 1. The highest BCUT2D eigenvalue weighted by Gasteiger charge is 2.37. The molecule has 0 saturated carbocycles. The van der Waals surface area contributed by atoms with Crippen LogP contribution in [0, 0.1) is 12.3 Å². The van der Waals surface area contributed by atoms with Gasteiger partial charge in [-0.1, -0.05) is 0 Å². The second-order valence-electron chi connectivity index (χ2n) is 5.78. The Bertz CT molecular complexity index is 577. The zero-order valence-electron chi connectivity index (χ0n) is 12.6. The van der Waals surface area contributed by atoms with Crippen molar-refractivity contribution in [3.63, 3.8) is 0 Å². The minimum Gasteiger partial charge on any atom is -0.475 e. The highest BCUT2D eigenvalue weighted by atomic mass is 16.5. The largest absolute Gasteiger partial charge is 0.475 e. The van der Waals surface area contributed by atoms with Gasteiger partial charge in [-0.3, -0.25) is 5.41 Å². The molecule has 3 rings (SSSR count). The van der Waals surface area contributed by atoms with Crippen LogP contribution in [0.1, 0.15) is 31.7 Å². The smallest absolute Gasteiger partial charge is 0.220 e. The molecule has 3 N–H and O–H groups in total. The second kappa shape index (κ2) is 5.14. The van der Waals surface area contributed by atoms with Gasteiger partial charge in [-0.25, -0.2) is 9.97 Å². The molecule has 0 unspecified atom stereocenters. The molecule has 2 aliphatic heterocycles. The summed E-state index contributed by atoms with van der Waals surface area (Å²) in [6.45, 7) is 7.03. The van der Waals surface area contributed by atoms with Crippen LogP contribution in [0.4, 0.5) is 11.6 Å². The van der Waals surface area contributed by atoms with Crippen LogP contribution in [-0.2, 0) is 9.47 Å². The van der Waals surface area contributed by atoms with E-state index in [1.807, 2.05) is 6.92 Å². The lowest BCUT2D eigenvalue weighted by atomic mass is 10.1. The number of nitrogen functional groups attached to an aromatic ring is 1. The van der Waals surface area contributed by atoms with E-state index in [2.05, 4.69) is 28.7 Å². The summed E-state index contributed by atoms with van der Waals surface area (Å²) in [6, 6.07) is 0.316. The lowest BCUT2D eigenvalue weighted by Gasteiger charge is -2.33. The Labute approximate surface area is 124 Å². The first-order valence-corrected chi connectivity index (χ1v) is 7.23. The predicted octanol–water partition coefficient (Wildman–Crippen LogP) is 1.10. The molecule has 114 valence electrons. The lowest BCUT2D eigenvalue weighted by Crippen LogP contribution is -2.44. The maximum atomic E-state index is 8.07. The Morgan fingerprint density at radius 1 is 1.29 bits per heavy atom. The number of nitrogens with one attached hydrogen (secondary N) is 1. The van der Waals surface area contributed by atoms with Crippen molar-refractivity contribution in [1.82, 2.24) is 9.97 Å². The molecule has 21 heavy (non-hydrogen) atoms. The molecule has 3 atom stereocenters. The fraction of sp³-hybridized carbons (Fsp3) is 0.643. The van der Waals surface area contributed by atoms with Gasteiger partial charge in [-0.15, -0.1) is 0 Å². The average molecular weight is 291 g/mol. The van der Waals surface area contributed by atoms with Gasteiger partial charge in [0.2, 0.25) is 5.90 Å². The molecule has 0 radical (unpaired) electrons. The summed E-state index contributed by atoms with van der Waals surface area (Å²) in [5.74, 6) is 1.64.